The molecule has 0 radical (unpaired) electrons. The van der Waals surface area contributed by atoms with E-state index in [9.17, 15) is 0 Å². The molecule has 1 aliphatic carbocycles. The van der Waals surface area contributed by atoms with E-state index in [0.29, 0.717) is 6.04 Å². The highest BCUT2D eigenvalue weighted by atomic mass is 16.5. The lowest BCUT2D eigenvalue weighted by atomic mass is 9.70. The summed E-state index contributed by atoms with van der Waals surface area (Å²) >= 11 is 0. The number of nitrogens with zero attached hydrogens (tertiary/aromatic N) is 2. The van der Waals surface area contributed by atoms with Gasteiger partial charge >= 0.3 is 0 Å². The molecule has 0 bridgehead atoms. The van der Waals surface area contributed by atoms with E-state index in [1.165, 1.54) is 30.4 Å². The van der Waals surface area contributed by atoms with Gasteiger partial charge < -0.3 is 9.84 Å². The highest BCUT2D eigenvalue weighted by Gasteiger charge is 2.35. The Balaban J connectivity index is 1.72. The van der Waals surface area contributed by atoms with Crippen molar-refractivity contribution in [3.63, 3.8) is 0 Å². The van der Waals surface area contributed by atoms with Crippen LogP contribution in [-0.2, 0) is 12.8 Å². The molecule has 0 amide bonds. The summed E-state index contributed by atoms with van der Waals surface area (Å²) in [6.45, 7) is 5.55. The lowest BCUT2D eigenvalue weighted by Gasteiger charge is -2.40. The average Bonchev–Trinajstić information content (AvgIpc) is 2.94. The fourth-order valence-electron chi connectivity index (χ4n) is 3.08. The summed E-state index contributed by atoms with van der Waals surface area (Å²) in [4.78, 5) is 4.06. The van der Waals surface area contributed by atoms with E-state index in [1.807, 2.05) is 0 Å². The van der Waals surface area contributed by atoms with Gasteiger partial charge in [0.2, 0.25) is 6.39 Å². The lowest BCUT2D eigenvalue weighted by molar-refractivity contribution is 0.210. The Morgan fingerprint density at radius 3 is 3.00 bits per heavy atom. The maximum atomic E-state index is 4.77. The van der Waals surface area contributed by atoms with Gasteiger partial charge in [-0.25, -0.2) is 0 Å². The molecule has 3 rings (SSSR count). The van der Waals surface area contributed by atoms with Gasteiger partial charge in [-0.2, -0.15) is 4.98 Å². The van der Waals surface area contributed by atoms with Crippen LogP contribution in [0.2, 0.25) is 0 Å². The number of hydrogen-bond donors (Lipinski definition) is 1. The standard InChI is InChI=1S/C16H21N3O/c1-16(2)9-7-12-5-3-4-6-13(12)15(16)17-10-8-14-18-11-20-19-14/h3-6,11,15,17H,7-10H2,1-2H3. The Labute approximate surface area is 119 Å². The quantitative estimate of drug-likeness (QED) is 0.929. The Morgan fingerprint density at radius 1 is 1.35 bits per heavy atom. The molecule has 0 fully saturated rings. The SMILES string of the molecule is CC1(C)CCc2ccccc2C1NCCc1ncon1. The van der Waals surface area contributed by atoms with Crippen LogP contribution < -0.4 is 5.32 Å². The predicted octanol–water partition coefficient (Wildman–Crippen LogP) is 2.92. The molecular formula is C16H21N3O. The maximum Gasteiger partial charge on any atom is 0.213 e. The minimum Gasteiger partial charge on any atom is -0.343 e. The third-order valence-corrected chi connectivity index (χ3v) is 4.29. The summed E-state index contributed by atoms with van der Waals surface area (Å²) in [5, 5.41) is 7.54. The summed E-state index contributed by atoms with van der Waals surface area (Å²) in [7, 11) is 0. The van der Waals surface area contributed by atoms with Crippen molar-refractivity contribution in [3.05, 3.63) is 47.6 Å². The monoisotopic (exact) mass is 271 g/mol. The van der Waals surface area contributed by atoms with Crippen LogP contribution in [0, 0.1) is 5.41 Å². The third-order valence-electron chi connectivity index (χ3n) is 4.29. The fourth-order valence-corrected chi connectivity index (χ4v) is 3.08. The summed E-state index contributed by atoms with van der Waals surface area (Å²) in [5.41, 5.74) is 3.19. The molecule has 0 spiro atoms. The van der Waals surface area contributed by atoms with Gasteiger partial charge in [0.05, 0.1) is 0 Å². The summed E-state index contributed by atoms with van der Waals surface area (Å²) < 4.78 is 4.77. The Morgan fingerprint density at radius 2 is 2.20 bits per heavy atom. The second-order valence-corrected chi connectivity index (χ2v) is 6.17. The summed E-state index contributed by atoms with van der Waals surface area (Å²) in [6, 6.07) is 9.15. The molecule has 0 saturated heterocycles. The van der Waals surface area contributed by atoms with Gasteiger partial charge in [0.25, 0.3) is 0 Å². The van der Waals surface area contributed by atoms with E-state index in [2.05, 4.69) is 53.6 Å². The largest absolute Gasteiger partial charge is 0.343 e. The number of aromatic nitrogens is 2. The second kappa shape index (κ2) is 5.37. The molecule has 106 valence electrons. The van der Waals surface area contributed by atoms with Crippen molar-refractivity contribution in [2.24, 2.45) is 5.41 Å². The molecule has 1 aromatic heterocycles. The van der Waals surface area contributed by atoms with E-state index < -0.39 is 0 Å². The summed E-state index contributed by atoms with van der Waals surface area (Å²) in [5.74, 6) is 0.763. The molecule has 1 aromatic carbocycles. The maximum absolute atomic E-state index is 4.77. The molecule has 1 unspecified atom stereocenters. The van der Waals surface area contributed by atoms with E-state index in [4.69, 9.17) is 4.52 Å². The molecule has 1 heterocycles. The van der Waals surface area contributed by atoms with Gasteiger partial charge in [0.15, 0.2) is 5.82 Å². The van der Waals surface area contributed by atoms with E-state index in [-0.39, 0.29) is 5.41 Å². The molecule has 1 atom stereocenters. The number of benzene rings is 1. The van der Waals surface area contributed by atoms with Crippen LogP contribution >= 0.6 is 0 Å². The highest BCUT2D eigenvalue weighted by Crippen LogP contribution is 2.43. The van der Waals surface area contributed by atoms with Crippen LogP contribution in [0.15, 0.2) is 35.2 Å². The Bertz CT molecular complexity index is 563. The highest BCUT2D eigenvalue weighted by molar-refractivity contribution is 5.34. The van der Waals surface area contributed by atoms with Crippen LogP contribution in [0.3, 0.4) is 0 Å². The first-order valence-electron chi connectivity index (χ1n) is 7.23. The zero-order valence-corrected chi connectivity index (χ0v) is 12.1. The Hall–Kier alpha value is -1.68. The normalized spacial score (nSPS) is 20.6. The van der Waals surface area contributed by atoms with Gasteiger partial charge in [0.1, 0.15) is 0 Å². The molecule has 4 heteroatoms. The van der Waals surface area contributed by atoms with Gasteiger partial charge in [-0.15, -0.1) is 0 Å². The van der Waals surface area contributed by atoms with E-state index in [0.717, 1.165) is 18.8 Å². The first-order valence-corrected chi connectivity index (χ1v) is 7.23. The van der Waals surface area contributed by atoms with Crippen LogP contribution in [0.4, 0.5) is 0 Å². The van der Waals surface area contributed by atoms with Crippen molar-refractivity contribution in [2.45, 2.75) is 39.2 Å². The van der Waals surface area contributed by atoms with Gasteiger partial charge in [-0.1, -0.05) is 43.3 Å². The molecule has 4 nitrogen and oxygen atoms in total. The van der Waals surface area contributed by atoms with Gasteiger partial charge in [-0.3, -0.25) is 0 Å². The minimum absolute atomic E-state index is 0.269. The minimum atomic E-state index is 0.269. The smallest absolute Gasteiger partial charge is 0.213 e. The molecule has 1 aliphatic rings. The zero-order valence-electron chi connectivity index (χ0n) is 12.1. The molecule has 2 aromatic rings. The number of aryl methyl sites for hydroxylation is 1. The molecule has 0 saturated carbocycles. The molecule has 20 heavy (non-hydrogen) atoms. The van der Waals surface area contributed by atoms with Crippen molar-refractivity contribution < 1.29 is 4.52 Å². The molecule has 0 aliphatic heterocycles. The van der Waals surface area contributed by atoms with Crippen molar-refractivity contribution in [2.75, 3.05) is 6.54 Å². The van der Waals surface area contributed by atoms with Crippen LogP contribution in [0.5, 0.6) is 0 Å². The third kappa shape index (κ3) is 2.61. The van der Waals surface area contributed by atoms with Gasteiger partial charge in [-0.05, 0) is 29.4 Å². The van der Waals surface area contributed by atoms with Crippen molar-refractivity contribution >= 4 is 0 Å². The fraction of sp³-hybridized carbons (Fsp3) is 0.500. The van der Waals surface area contributed by atoms with E-state index >= 15 is 0 Å². The number of nitrogens with one attached hydrogen (secondary N) is 1. The van der Waals surface area contributed by atoms with Crippen molar-refractivity contribution in [1.29, 1.82) is 0 Å². The predicted molar refractivity (Wildman–Crippen MR) is 77.3 cm³/mol. The first-order chi connectivity index (χ1) is 9.67. The van der Waals surface area contributed by atoms with Gasteiger partial charge in [0, 0.05) is 19.0 Å². The first kappa shape index (κ1) is 13.3. The lowest BCUT2D eigenvalue weighted by Crippen LogP contribution is -2.39. The van der Waals surface area contributed by atoms with Crippen LogP contribution in [0.25, 0.3) is 0 Å². The van der Waals surface area contributed by atoms with Crippen LogP contribution in [-0.4, -0.2) is 16.7 Å². The second-order valence-electron chi connectivity index (χ2n) is 6.17. The topological polar surface area (TPSA) is 51.0 Å². The van der Waals surface area contributed by atoms with Crippen molar-refractivity contribution in [1.82, 2.24) is 15.5 Å². The van der Waals surface area contributed by atoms with Crippen LogP contribution in [0.1, 0.15) is 43.3 Å². The average molecular weight is 271 g/mol. The van der Waals surface area contributed by atoms with Crippen molar-refractivity contribution in [3.8, 4) is 0 Å². The molecule has 1 N–H and O–H groups in total. The Kier molecular flexibility index (Phi) is 3.57. The summed E-state index contributed by atoms with van der Waals surface area (Å²) in [6.07, 6.45) is 4.57. The number of fused-ring (bicyclic) bond motifs is 1. The number of rotatable bonds is 4. The van der Waals surface area contributed by atoms with E-state index in [1.54, 1.807) is 0 Å². The molecular weight excluding hydrogens is 250 g/mol. The number of hydrogen-bond acceptors (Lipinski definition) is 4. The zero-order chi connectivity index (χ0) is 14.0.